The fourth-order valence-corrected chi connectivity index (χ4v) is 3.76. The molecule has 2 aromatic heterocycles. The minimum atomic E-state index is -4.48. The summed E-state index contributed by atoms with van der Waals surface area (Å²) in [6.07, 6.45) is -3.69. The predicted molar refractivity (Wildman–Crippen MR) is 101 cm³/mol. The lowest BCUT2D eigenvalue weighted by Crippen LogP contribution is -2.46. The van der Waals surface area contributed by atoms with Crippen molar-refractivity contribution in [2.75, 3.05) is 25.1 Å². The van der Waals surface area contributed by atoms with Crippen molar-refractivity contribution in [1.82, 2.24) is 14.8 Å². The van der Waals surface area contributed by atoms with Crippen LogP contribution in [-0.4, -0.2) is 40.9 Å². The molecule has 0 bridgehead atoms. The summed E-state index contributed by atoms with van der Waals surface area (Å²) in [5.74, 6) is -0.0283. The van der Waals surface area contributed by atoms with E-state index in [9.17, 15) is 18.0 Å². The smallest absolute Gasteiger partial charge is 0.417 e. The molecule has 0 saturated carbocycles. The third-order valence-electron chi connectivity index (χ3n) is 5.02. The zero-order valence-electron chi connectivity index (χ0n) is 15.5. The first kappa shape index (κ1) is 19.5. The lowest BCUT2D eigenvalue weighted by molar-refractivity contribution is -0.137. The number of ether oxygens (including phenoxy) is 1. The van der Waals surface area contributed by atoms with E-state index < -0.39 is 17.7 Å². The summed E-state index contributed by atoms with van der Waals surface area (Å²) < 4.78 is 44.8. The molecule has 1 saturated heterocycles. The van der Waals surface area contributed by atoms with Gasteiger partial charge in [0.15, 0.2) is 0 Å². The summed E-state index contributed by atoms with van der Waals surface area (Å²) in [6.45, 7) is 1.06. The second-order valence-corrected chi connectivity index (χ2v) is 7.27. The van der Waals surface area contributed by atoms with Crippen LogP contribution in [0, 0.1) is 0 Å². The van der Waals surface area contributed by atoms with Gasteiger partial charge in [0.1, 0.15) is 5.82 Å². The predicted octanol–water partition coefficient (Wildman–Crippen LogP) is 4.03. The highest BCUT2D eigenvalue weighted by molar-refractivity contribution is 6.33. The molecule has 1 fully saturated rings. The van der Waals surface area contributed by atoms with Gasteiger partial charge in [0.05, 0.1) is 34.5 Å². The number of carbonyl (C=O) groups excluding carboxylic acids is 1. The molecule has 3 aromatic rings. The number of carbonyl (C=O) groups is 1. The number of aryl methyl sites for hydroxylation is 1. The first-order valence-corrected chi connectivity index (χ1v) is 9.09. The van der Waals surface area contributed by atoms with Gasteiger partial charge in [0.25, 0.3) is 0 Å². The normalized spacial score (nSPS) is 14.9. The highest BCUT2D eigenvalue weighted by Crippen LogP contribution is 2.38. The van der Waals surface area contributed by atoms with Crippen molar-refractivity contribution in [2.45, 2.75) is 12.1 Å². The largest absolute Gasteiger partial charge is 0.465 e. The fourth-order valence-electron chi connectivity index (χ4n) is 3.47. The number of nitrogens with zero attached hydrogens (tertiary/aromatic N) is 4. The number of rotatable bonds is 3. The summed E-state index contributed by atoms with van der Waals surface area (Å²) in [7, 11) is 3.11. The fraction of sp³-hybridized carbons (Fsp3) is 0.316. The minimum Gasteiger partial charge on any atom is -0.465 e. The van der Waals surface area contributed by atoms with E-state index in [-0.39, 0.29) is 10.9 Å². The lowest BCUT2D eigenvalue weighted by atomic mass is 9.93. The third-order valence-corrected chi connectivity index (χ3v) is 5.30. The maximum absolute atomic E-state index is 12.8. The van der Waals surface area contributed by atoms with Crippen molar-refractivity contribution in [3.8, 4) is 0 Å². The number of benzene rings is 1. The van der Waals surface area contributed by atoms with Crippen LogP contribution in [0.3, 0.4) is 0 Å². The molecule has 6 nitrogen and oxygen atoms in total. The molecule has 0 spiro atoms. The molecule has 29 heavy (non-hydrogen) atoms. The zero-order chi connectivity index (χ0) is 20.9. The third kappa shape index (κ3) is 3.39. The van der Waals surface area contributed by atoms with Gasteiger partial charge in [-0.05, 0) is 18.2 Å². The van der Waals surface area contributed by atoms with Crippen LogP contribution in [0.25, 0.3) is 10.9 Å². The Labute approximate surface area is 168 Å². The standard InChI is InChI=1S/C19H16ClF3N4O2/c1-26-15-5-10(18(28)29-2)3-4-13(15)16(25-26)11-8-27(9-11)17-14(20)6-12(7-24-17)19(21,22)23/h3-7,11H,8-9H2,1-2H3. The van der Waals surface area contributed by atoms with E-state index in [1.165, 1.54) is 7.11 Å². The molecule has 3 heterocycles. The van der Waals surface area contributed by atoms with Crippen molar-refractivity contribution >= 4 is 34.3 Å². The molecule has 1 aromatic carbocycles. The van der Waals surface area contributed by atoms with Gasteiger partial charge in [0.2, 0.25) is 0 Å². The second-order valence-electron chi connectivity index (χ2n) is 6.86. The van der Waals surface area contributed by atoms with E-state index in [0.717, 1.165) is 28.9 Å². The first-order valence-electron chi connectivity index (χ1n) is 8.71. The first-order chi connectivity index (χ1) is 13.7. The van der Waals surface area contributed by atoms with Crippen molar-refractivity contribution in [3.05, 3.63) is 52.3 Å². The van der Waals surface area contributed by atoms with Crippen molar-refractivity contribution in [3.63, 3.8) is 0 Å². The van der Waals surface area contributed by atoms with Crippen molar-refractivity contribution in [1.29, 1.82) is 0 Å². The Balaban J connectivity index is 1.56. The molecule has 0 atom stereocenters. The Hall–Kier alpha value is -2.81. The van der Waals surface area contributed by atoms with Crippen molar-refractivity contribution in [2.24, 2.45) is 7.05 Å². The Morgan fingerprint density at radius 3 is 2.62 bits per heavy atom. The van der Waals surface area contributed by atoms with Crippen molar-refractivity contribution < 1.29 is 22.7 Å². The molecule has 0 N–H and O–H groups in total. The Bertz CT molecular complexity index is 1110. The summed E-state index contributed by atoms with van der Waals surface area (Å²) >= 11 is 6.03. The number of hydrogen-bond acceptors (Lipinski definition) is 5. The number of aromatic nitrogens is 3. The minimum absolute atomic E-state index is 0.0353. The van der Waals surface area contributed by atoms with Gasteiger partial charge in [-0.15, -0.1) is 0 Å². The average Bonchev–Trinajstić information content (AvgIpc) is 2.96. The highest BCUT2D eigenvalue weighted by Gasteiger charge is 2.36. The Morgan fingerprint density at radius 1 is 1.28 bits per heavy atom. The van der Waals surface area contributed by atoms with Crippen LogP contribution >= 0.6 is 11.6 Å². The molecule has 10 heteroatoms. The number of anilines is 1. The maximum atomic E-state index is 12.8. The number of methoxy groups -OCH3 is 1. The number of hydrogen-bond donors (Lipinski definition) is 0. The van der Waals surface area contributed by atoms with Gasteiger partial charge in [-0.25, -0.2) is 9.78 Å². The van der Waals surface area contributed by atoms with Crippen LogP contribution in [-0.2, 0) is 18.0 Å². The molecular weight excluding hydrogens is 409 g/mol. The van der Waals surface area contributed by atoms with E-state index in [2.05, 4.69) is 10.1 Å². The number of halogens is 4. The molecule has 0 aliphatic carbocycles. The Morgan fingerprint density at radius 2 is 2.00 bits per heavy atom. The summed E-state index contributed by atoms with van der Waals surface area (Å²) in [4.78, 5) is 17.5. The molecule has 4 rings (SSSR count). The van der Waals surface area contributed by atoms with Gasteiger partial charge in [0, 0.05) is 37.6 Å². The lowest BCUT2D eigenvalue weighted by Gasteiger charge is -2.40. The quantitative estimate of drug-likeness (QED) is 0.594. The van der Waals surface area contributed by atoms with Gasteiger partial charge >= 0.3 is 12.1 Å². The molecule has 0 unspecified atom stereocenters. The van der Waals surface area contributed by atoms with Crippen LogP contribution in [0.5, 0.6) is 0 Å². The zero-order valence-corrected chi connectivity index (χ0v) is 16.3. The number of alkyl halides is 3. The maximum Gasteiger partial charge on any atom is 0.417 e. The molecule has 0 amide bonds. The van der Waals surface area contributed by atoms with E-state index >= 15 is 0 Å². The molecule has 0 radical (unpaired) electrons. The van der Waals surface area contributed by atoms with Gasteiger partial charge in [-0.3, -0.25) is 4.68 Å². The SMILES string of the molecule is COC(=O)c1ccc2c(C3CN(c4ncc(C(F)(F)F)cc4Cl)C3)nn(C)c2c1. The van der Waals surface area contributed by atoms with Crippen LogP contribution in [0.1, 0.15) is 27.5 Å². The highest BCUT2D eigenvalue weighted by atomic mass is 35.5. The molecule has 152 valence electrons. The van der Waals surface area contributed by atoms with E-state index in [4.69, 9.17) is 16.3 Å². The second kappa shape index (κ2) is 6.91. The van der Waals surface area contributed by atoms with E-state index in [1.54, 1.807) is 23.9 Å². The summed E-state index contributed by atoms with van der Waals surface area (Å²) in [6, 6.07) is 6.13. The topological polar surface area (TPSA) is 60.2 Å². The van der Waals surface area contributed by atoms with E-state index in [0.29, 0.717) is 24.5 Å². The Kier molecular flexibility index (Phi) is 4.65. The molecule has 1 aliphatic rings. The number of esters is 1. The summed E-state index contributed by atoms with van der Waals surface area (Å²) in [5.41, 5.74) is 1.22. The van der Waals surface area contributed by atoms with Crippen LogP contribution in [0.2, 0.25) is 5.02 Å². The monoisotopic (exact) mass is 424 g/mol. The molecule has 1 aliphatic heterocycles. The van der Waals surface area contributed by atoms with Crippen LogP contribution < -0.4 is 4.90 Å². The van der Waals surface area contributed by atoms with Crippen LogP contribution in [0.4, 0.5) is 19.0 Å². The van der Waals surface area contributed by atoms with Gasteiger partial charge in [-0.2, -0.15) is 18.3 Å². The summed E-state index contributed by atoms with van der Waals surface area (Å²) in [5, 5.41) is 5.45. The van der Waals surface area contributed by atoms with Gasteiger partial charge < -0.3 is 9.64 Å². The van der Waals surface area contributed by atoms with Gasteiger partial charge in [-0.1, -0.05) is 17.7 Å². The van der Waals surface area contributed by atoms with Crippen LogP contribution in [0.15, 0.2) is 30.5 Å². The number of fused-ring (bicyclic) bond motifs is 1. The average molecular weight is 425 g/mol. The number of pyridine rings is 1. The van der Waals surface area contributed by atoms with E-state index in [1.807, 2.05) is 11.0 Å². The molecular formula is C19H16ClF3N4O2.